The van der Waals surface area contributed by atoms with Crippen LogP contribution in [0.5, 0.6) is 5.75 Å². The van der Waals surface area contributed by atoms with E-state index in [4.69, 9.17) is 4.74 Å². The average molecular weight is 255 g/mol. The molecule has 0 saturated carbocycles. The number of hydrogen-bond donors (Lipinski definition) is 1. The van der Waals surface area contributed by atoms with Crippen LogP contribution in [-0.2, 0) is 0 Å². The van der Waals surface area contributed by atoms with Crippen molar-refractivity contribution >= 4 is 11.5 Å². The molecule has 0 heterocycles. The number of benzene rings is 2. The SMILES string of the molecule is CCOc1cccc(C(=O)CNc2ccccc2)c1. The number of ether oxygens (including phenoxy) is 1. The largest absolute Gasteiger partial charge is 0.494 e. The van der Waals surface area contributed by atoms with E-state index in [-0.39, 0.29) is 12.3 Å². The highest BCUT2D eigenvalue weighted by molar-refractivity contribution is 5.99. The zero-order valence-corrected chi connectivity index (χ0v) is 10.9. The Morgan fingerprint density at radius 3 is 2.63 bits per heavy atom. The molecular weight excluding hydrogens is 238 g/mol. The lowest BCUT2D eigenvalue weighted by Crippen LogP contribution is -2.14. The van der Waals surface area contributed by atoms with Crippen LogP contribution < -0.4 is 10.1 Å². The fourth-order valence-corrected chi connectivity index (χ4v) is 1.77. The number of ketones is 1. The van der Waals surface area contributed by atoms with Gasteiger partial charge in [-0.3, -0.25) is 4.79 Å². The molecule has 0 atom stereocenters. The Morgan fingerprint density at radius 2 is 1.89 bits per heavy atom. The first kappa shape index (κ1) is 13.1. The molecular formula is C16H17NO2. The third kappa shape index (κ3) is 3.85. The second kappa shape index (κ2) is 6.59. The molecule has 0 saturated heterocycles. The minimum atomic E-state index is 0.0467. The average Bonchev–Trinajstić information content (AvgIpc) is 2.46. The Bertz CT molecular complexity index is 537. The standard InChI is InChI=1S/C16H17NO2/c1-2-19-15-10-6-7-13(11-15)16(18)12-17-14-8-4-3-5-9-14/h3-11,17H,2,12H2,1H3. The quantitative estimate of drug-likeness (QED) is 0.804. The first-order valence-corrected chi connectivity index (χ1v) is 6.34. The Morgan fingerprint density at radius 1 is 1.11 bits per heavy atom. The molecule has 2 aromatic carbocycles. The molecule has 3 nitrogen and oxygen atoms in total. The Labute approximate surface area is 113 Å². The van der Waals surface area contributed by atoms with Crippen molar-refractivity contribution in [2.45, 2.75) is 6.92 Å². The fourth-order valence-electron chi connectivity index (χ4n) is 1.77. The molecule has 2 rings (SSSR count). The van der Waals surface area contributed by atoms with E-state index in [0.29, 0.717) is 12.2 Å². The van der Waals surface area contributed by atoms with Crippen molar-refractivity contribution in [2.24, 2.45) is 0 Å². The highest BCUT2D eigenvalue weighted by Gasteiger charge is 2.06. The van der Waals surface area contributed by atoms with E-state index < -0.39 is 0 Å². The first-order chi connectivity index (χ1) is 9.29. The van der Waals surface area contributed by atoms with Gasteiger partial charge in [0.15, 0.2) is 5.78 Å². The van der Waals surface area contributed by atoms with Crippen LogP contribution in [0.25, 0.3) is 0 Å². The predicted molar refractivity (Wildman–Crippen MR) is 76.9 cm³/mol. The van der Waals surface area contributed by atoms with Gasteiger partial charge in [0.05, 0.1) is 13.2 Å². The van der Waals surface area contributed by atoms with Gasteiger partial charge in [-0.1, -0.05) is 30.3 Å². The van der Waals surface area contributed by atoms with E-state index in [0.717, 1.165) is 11.4 Å². The summed E-state index contributed by atoms with van der Waals surface area (Å²) in [5.74, 6) is 0.776. The lowest BCUT2D eigenvalue weighted by atomic mass is 10.1. The van der Waals surface area contributed by atoms with Gasteiger partial charge < -0.3 is 10.1 Å². The predicted octanol–water partition coefficient (Wildman–Crippen LogP) is 3.38. The molecule has 0 aliphatic heterocycles. The molecule has 2 aromatic rings. The molecule has 0 radical (unpaired) electrons. The van der Waals surface area contributed by atoms with Crippen LogP contribution in [0.4, 0.5) is 5.69 Å². The topological polar surface area (TPSA) is 38.3 Å². The van der Waals surface area contributed by atoms with Crippen LogP contribution >= 0.6 is 0 Å². The lowest BCUT2D eigenvalue weighted by Gasteiger charge is -2.07. The highest BCUT2D eigenvalue weighted by atomic mass is 16.5. The zero-order chi connectivity index (χ0) is 13.5. The number of hydrogen-bond acceptors (Lipinski definition) is 3. The number of para-hydroxylation sites is 1. The second-order valence-corrected chi connectivity index (χ2v) is 4.10. The smallest absolute Gasteiger partial charge is 0.181 e. The molecule has 0 aromatic heterocycles. The summed E-state index contributed by atoms with van der Waals surface area (Å²) >= 11 is 0. The van der Waals surface area contributed by atoms with Crippen LogP contribution in [-0.4, -0.2) is 18.9 Å². The van der Waals surface area contributed by atoms with Gasteiger partial charge in [0.1, 0.15) is 5.75 Å². The normalized spacial score (nSPS) is 9.95. The Hall–Kier alpha value is -2.29. The van der Waals surface area contributed by atoms with Crippen molar-refractivity contribution in [1.29, 1.82) is 0 Å². The summed E-state index contributed by atoms with van der Waals surface area (Å²) in [4.78, 5) is 12.1. The van der Waals surface area contributed by atoms with Crippen LogP contribution in [0.15, 0.2) is 54.6 Å². The second-order valence-electron chi connectivity index (χ2n) is 4.10. The van der Waals surface area contributed by atoms with E-state index in [1.165, 1.54) is 0 Å². The van der Waals surface area contributed by atoms with Gasteiger partial charge in [-0.05, 0) is 31.2 Å². The number of rotatable bonds is 6. The molecule has 98 valence electrons. The van der Waals surface area contributed by atoms with Gasteiger partial charge >= 0.3 is 0 Å². The lowest BCUT2D eigenvalue weighted by molar-refractivity contribution is 0.101. The van der Waals surface area contributed by atoms with Crippen molar-refractivity contribution in [3.8, 4) is 5.75 Å². The van der Waals surface area contributed by atoms with Crippen molar-refractivity contribution in [1.82, 2.24) is 0 Å². The third-order valence-corrected chi connectivity index (χ3v) is 2.69. The molecule has 0 aliphatic rings. The summed E-state index contributed by atoms with van der Waals surface area (Å²) in [6.07, 6.45) is 0. The van der Waals surface area contributed by atoms with E-state index in [2.05, 4.69) is 5.32 Å². The van der Waals surface area contributed by atoms with Gasteiger partial charge in [-0.2, -0.15) is 0 Å². The van der Waals surface area contributed by atoms with Crippen LogP contribution in [0.2, 0.25) is 0 Å². The molecule has 19 heavy (non-hydrogen) atoms. The van der Waals surface area contributed by atoms with Gasteiger partial charge in [0.25, 0.3) is 0 Å². The summed E-state index contributed by atoms with van der Waals surface area (Å²) in [7, 11) is 0. The van der Waals surface area contributed by atoms with E-state index in [1.54, 1.807) is 12.1 Å². The molecule has 0 unspecified atom stereocenters. The zero-order valence-electron chi connectivity index (χ0n) is 10.9. The summed E-state index contributed by atoms with van der Waals surface area (Å²) in [5, 5.41) is 3.10. The monoisotopic (exact) mass is 255 g/mol. The van der Waals surface area contributed by atoms with Gasteiger partial charge in [-0.15, -0.1) is 0 Å². The number of anilines is 1. The molecule has 1 N–H and O–H groups in total. The van der Waals surface area contributed by atoms with Crippen molar-refractivity contribution in [3.05, 3.63) is 60.2 Å². The summed E-state index contributed by atoms with van der Waals surface area (Å²) < 4.78 is 5.39. The first-order valence-electron chi connectivity index (χ1n) is 6.34. The van der Waals surface area contributed by atoms with Crippen LogP contribution in [0.1, 0.15) is 17.3 Å². The number of carbonyl (C=O) groups is 1. The van der Waals surface area contributed by atoms with Crippen molar-refractivity contribution in [3.63, 3.8) is 0 Å². The molecule has 0 bridgehead atoms. The number of carbonyl (C=O) groups excluding carboxylic acids is 1. The van der Waals surface area contributed by atoms with E-state index in [1.807, 2.05) is 49.4 Å². The summed E-state index contributed by atoms with van der Waals surface area (Å²) in [6, 6.07) is 16.9. The minimum absolute atomic E-state index is 0.0467. The summed E-state index contributed by atoms with van der Waals surface area (Å²) in [5.41, 5.74) is 1.60. The molecule has 0 fully saturated rings. The maximum Gasteiger partial charge on any atom is 0.181 e. The van der Waals surface area contributed by atoms with E-state index >= 15 is 0 Å². The van der Waals surface area contributed by atoms with E-state index in [9.17, 15) is 4.79 Å². The maximum atomic E-state index is 12.1. The van der Waals surface area contributed by atoms with Gasteiger partial charge in [-0.25, -0.2) is 0 Å². The van der Waals surface area contributed by atoms with Crippen LogP contribution in [0, 0.1) is 0 Å². The molecule has 0 spiro atoms. The highest BCUT2D eigenvalue weighted by Crippen LogP contribution is 2.14. The Kier molecular flexibility index (Phi) is 4.56. The maximum absolute atomic E-state index is 12.1. The molecule has 0 amide bonds. The van der Waals surface area contributed by atoms with Crippen molar-refractivity contribution in [2.75, 3.05) is 18.5 Å². The fraction of sp³-hybridized carbons (Fsp3) is 0.188. The Balaban J connectivity index is 1.98. The minimum Gasteiger partial charge on any atom is -0.494 e. The third-order valence-electron chi connectivity index (χ3n) is 2.69. The number of nitrogens with one attached hydrogen (secondary N) is 1. The molecule has 3 heteroatoms. The van der Waals surface area contributed by atoms with Gasteiger partial charge in [0.2, 0.25) is 0 Å². The van der Waals surface area contributed by atoms with Crippen LogP contribution in [0.3, 0.4) is 0 Å². The number of Topliss-reactive ketones (excluding diaryl/α,β-unsaturated/α-hetero) is 1. The molecule has 0 aliphatic carbocycles. The van der Waals surface area contributed by atoms with Gasteiger partial charge in [0, 0.05) is 11.3 Å². The summed E-state index contributed by atoms with van der Waals surface area (Å²) in [6.45, 7) is 2.80. The van der Waals surface area contributed by atoms with Crippen molar-refractivity contribution < 1.29 is 9.53 Å².